The van der Waals surface area contributed by atoms with Gasteiger partial charge in [-0.05, 0) is 41.1 Å². The van der Waals surface area contributed by atoms with Crippen LogP contribution < -0.4 is 0 Å². The maximum absolute atomic E-state index is 5.68. The number of hydrogen-bond acceptors (Lipinski definition) is 7. The molecule has 0 fully saturated rings. The van der Waals surface area contributed by atoms with Gasteiger partial charge in [-0.1, -0.05) is 41.6 Å². The van der Waals surface area contributed by atoms with Crippen LogP contribution in [0, 0.1) is 6.92 Å². The highest BCUT2D eigenvalue weighted by Crippen LogP contribution is 2.28. The Hall–Kier alpha value is -2.65. The van der Waals surface area contributed by atoms with Gasteiger partial charge >= 0.3 is 0 Å². The van der Waals surface area contributed by atoms with Crippen LogP contribution in [0.5, 0.6) is 0 Å². The van der Waals surface area contributed by atoms with E-state index >= 15 is 0 Å². The number of benzene rings is 1. The molecule has 0 saturated heterocycles. The number of rotatable bonds is 7. The average molecular weight is 458 g/mol. The molecule has 3 aromatic heterocycles. The van der Waals surface area contributed by atoms with E-state index in [1.165, 1.54) is 17.3 Å². The molecule has 0 aliphatic rings. The molecule has 0 aliphatic heterocycles. The minimum absolute atomic E-state index is 0.342. The summed E-state index contributed by atoms with van der Waals surface area (Å²) in [6, 6.07) is 11.7. The highest BCUT2D eigenvalue weighted by molar-refractivity contribution is 9.10. The first-order valence-corrected chi connectivity index (χ1v) is 10.2. The predicted molar refractivity (Wildman–Crippen MR) is 110 cm³/mol. The molecule has 4 aromatic rings. The van der Waals surface area contributed by atoms with Crippen LogP contribution in [0.2, 0.25) is 0 Å². The Morgan fingerprint density at radius 3 is 2.79 bits per heavy atom. The van der Waals surface area contributed by atoms with E-state index in [9.17, 15) is 0 Å². The van der Waals surface area contributed by atoms with Crippen molar-refractivity contribution >= 4 is 27.7 Å². The topological polar surface area (TPSA) is 82.8 Å². The van der Waals surface area contributed by atoms with E-state index in [0.29, 0.717) is 34.5 Å². The number of hydrogen-bond donors (Lipinski definition) is 0. The van der Waals surface area contributed by atoms with E-state index in [0.717, 1.165) is 16.5 Å². The lowest BCUT2D eigenvalue weighted by atomic mass is 10.1. The van der Waals surface area contributed by atoms with Gasteiger partial charge in [0.1, 0.15) is 0 Å². The van der Waals surface area contributed by atoms with Crippen LogP contribution in [0.4, 0.5) is 0 Å². The normalized spacial score (nSPS) is 11.1. The number of halogens is 1. The van der Waals surface area contributed by atoms with Gasteiger partial charge in [0.2, 0.25) is 5.89 Å². The van der Waals surface area contributed by atoms with E-state index in [2.05, 4.69) is 62.0 Å². The third-order valence-electron chi connectivity index (χ3n) is 3.88. The summed E-state index contributed by atoms with van der Waals surface area (Å²) < 4.78 is 13.7. The first-order chi connectivity index (χ1) is 13.6. The minimum atomic E-state index is 0.342. The van der Waals surface area contributed by atoms with Gasteiger partial charge in [-0.3, -0.25) is 4.57 Å². The van der Waals surface area contributed by atoms with Gasteiger partial charge in [0.15, 0.2) is 21.4 Å². The van der Waals surface area contributed by atoms with Gasteiger partial charge in [0.05, 0.1) is 5.75 Å². The van der Waals surface area contributed by atoms with Crippen molar-refractivity contribution in [1.29, 1.82) is 0 Å². The summed E-state index contributed by atoms with van der Waals surface area (Å²) >= 11 is 4.74. The maximum Gasteiger partial charge on any atom is 0.283 e. The Kier molecular flexibility index (Phi) is 5.45. The lowest BCUT2D eigenvalue weighted by molar-refractivity contribution is 0.486. The molecule has 1 aromatic carbocycles. The fourth-order valence-electron chi connectivity index (χ4n) is 2.65. The van der Waals surface area contributed by atoms with Crippen LogP contribution in [0.25, 0.3) is 23.0 Å². The number of allylic oxidation sites excluding steroid dienone is 1. The van der Waals surface area contributed by atoms with Gasteiger partial charge in [-0.2, -0.15) is 0 Å². The van der Waals surface area contributed by atoms with Gasteiger partial charge in [0, 0.05) is 12.1 Å². The molecule has 3 heterocycles. The number of thioether (sulfide) groups is 1. The first-order valence-electron chi connectivity index (χ1n) is 8.46. The molecule has 0 spiro atoms. The summed E-state index contributed by atoms with van der Waals surface area (Å²) in [5, 5.41) is 17.6. The van der Waals surface area contributed by atoms with Gasteiger partial charge in [-0.25, -0.2) is 0 Å². The molecule has 7 nitrogen and oxygen atoms in total. The van der Waals surface area contributed by atoms with Gasteiger partial charge < -0.3 is 8.83 Å². The van der Waals surface area contributed by atoms with Gasteiger partial charge in [0.25, 0.3) is 5.89 Å². The fourth-order valence-corrected chi connectivity index (χ4v) is 3.75. The van der Waals surface area contributed by atoms with Crippen LogP contribution in [-0.4, -0.2) is 25.0 Å². The van der Waals surface area contributed by atoms with Crippen LogP contribution in [0.3, 0.4) is 0 Å². The Balaban J connectivity index is 1.54. The van der Waals surface area contributed by atoms with E-state index in [1.807, 2.05) is 22.8 Å². The molecule has 0 unspecified atom stereocenters. The number of aromatic nitrogens is 5. The predicted octanol–water partition coefficient (Wildman–Crippen LogP) is 5.14. The Morgan fingerprint density at radius 1 is 1.14 bits per heavy atom. The summed E-state index contributed by atoms with van der Waals surface area (Å²) in [4.78, 5) is 0. The summed E-state index contributed by atoms with van der Waals surface area (Å²) in [5.41, 5.74) is 2.19. The molecule has 9 heteroatoms. The van der Waals surface area contributed by atoms with Crippen molar-refractivity contribution in [3.8, 4) is 23.0 Å². The number of aryl methyl sites for hydroxylation is 1. The van der Waals surface area contributed by atoms with Gasteiger partial charge in [-0.15, -0.1) is 27.0 Å². The van der Waals surface area contributed by atoms with Crippen molar-refractivity contribution in [1.82, 2.24) is 25.0 Å². The Labute approximate surface area is 174 Å². The lowest BCUT2D eigenvalue weighted by Crippen LogP contribution is -2.01. The van der Waals surface area contributed by atoms with E-state index in [1.54, 1.807) is 12.1 Å². The Bertz CT molecular complexity index is 1120. The summed E-state index contributed by atoms with van der Waals surface area (Å²) in [7, 11) is 0. The zero-order valence-electron chi connectivity index (χ0n) is 15.0. The molecule has 0 bridgehead atoms. The lowest BCUT2D eigenvalue weighted by Gasteiger charge is -2.07. The number of nitrogens with zero attached hydrogens (tertiary/aromatic N) is 5. The zero-order valence-corrected chi connectivity index (χ0v) is 17.4. The standard InChI is InChI=1S/C19H16BrN5O2S/c1-3-9-25-17(13-6-4-5-12(2)10-13)22-24-19(25)28-11-16-21-23-18(27-16)14-7-8-15(20)26-14/h3-8,10H,1,9,11H2,2H3. The monoisotopic (exact) mass is 457 g/mol. The van der Waals surface area contributed by atoms with Crippen molar-refractivity contribution in [3.63, 3.8) is 0 Å². The van der Waals surface area contributed by atoms with Crippen molar-refractivity contribution in [2.24, 2.45) is 0 Å². The molecule has 0 N–H and O–H groups in total. The molecule has 4 rings (SSSR count). The van der Waals surface area contributed by atoms with Crippen molar-refractivity contribution < 1.29 is 8.83 Å². The smallest absolute Gasteiger partial charge is 0.283 e. The molecule has 142 valence electrons. The highest BCUT2D eigenvalue weighted by Gasteiger charge is 2.16. The summed E-state index contributed by atoms with van der Waals surface area (Å²) in [6.07, 6.45) is 1.83. The van der Waals surface area contributed by atoms with Crippen LogP contribution >= 0.6 is 27.7 Å². The second-order valence-corrected chi connectivity index (χ2v) is 7.69. The molecule has 28 heavy (non-hydrogen) atoms. The third-order valence-corrected chi connectivity index (χ3v) is 5.26. The minimum Gasteiger partial charge on any atom is -0.444 e. The van der Waals surface area contributed by atoms with Crippen molar-refractivity contribution in [2.75, 3.05) is 0 Å². The quantitative estimate of drug-likeness (QED) is 0.280. The van der Waals surface area contributed by atoms with Crippen molar-refractivity contribution in [3.05, 3.63) is 65.2 Å². The first kappa shape index (κ1) is 18.7. The van der Waals surface area contributed by atoms with Crippen LogP contribution in [0.1, 0.15) is 11.5 Å². The van der Waals surface area contributed by atoms with Crippen LogP contribution in [-0.2, 0) is 12.3 Å². The SMILES string of the molecule is C=CCn1c(SCc2nnc(-c3ccc(Br)o3)o2)nnc1-c1cccc(C)c1. The molecule has 0 aliphatic carbocycles. The zero-order chi connectivity index (χ0) is 19.5. The van der Waals surface area contributed by atoms with E-state index < -0.39 is 0 Å². The maximum atomic E-state index is 5.68. The van der Waals surface area contributed by atoms with Crippen molar-refractivity contribution in [2.45, 2.75) is 24.4 Å². The highest BCUT2D eigenvalue weighted by atomic mass is 79.9. The molecule has 0 saturated carbocycles. The second kappa shape index (κ2) is 8.15. The molecular weight excluding hydrogens is 442 g/mol. The average Bonchev–Trinajstić information content (AvgIpc) is 3.40. The molecular formula is C19H16BrN5O2S. The van der Waals surface area contributed by atoms with Crippen LogP contribution in [0.15, 0.2) is 67.7 Å². The third kappa shape index (κ3) is 3.95. The number of furan rings is 1. The fraction of sp³-hybridized carbons (Fsp3) is 0.158. The summed E-state index contributed by atoms with van der Waals surface area (Å²) in [5.74, 6) is 2.62. The molecule has 0 amide bonds. The van der Waals surface area contributed by atoms with E-state index in [4.69, 9.17) is 8.83 Å². The molecule has 0 atom stereocenters. The largest absolute Gasteiger partial charge is 0.444 e. The second-order valence-electron chi connectivity index (χ2n) is 5.97. The molecule has 0 radical (unpaired) electrons. The summed E-state index contributed by atoms with van der Waals surface area (Å²) in [6.45, 7) is 6.50. The van der Waals surface area contributed by atoms with E-state index in [-0.39, 0.29) is 0 Å². The Morgan fingerprint density at radius 2 is 2.04 bits per heavy atom.